The molecule has 2 N–H and O–H groups in total. The first-order valence-corrected chi connectivity index (χ1v) is 9.46. The van der Waals surface area contributed by atoms with Crippen molar-refractivity contribution in [2.75, 3.05) is 23.8 Å². The molecule has 148 valence electrons. The second-order valence-corrected chi connectivity index (χ2v) is 6.60. The number of aryl methyl sites for hydroxylation is 1. The van der Waals surface area contributed by atoms with Gasteiger partial charge in [-0.15, -0.1) is 0 Å². The molecule has 0 fully saturated rings. The summed E-state index contributed by atoms with van der Waals surface area (Å²) in [4.78, 5) is 24.2. The molecule has 2 aromatic rings. The molecule has 0 aromatic heterocycles. The summed E-state index contributed by atoms with van der Waals surface area (Å²) in [6.45, 7) is 5.76. The molecule has 6 nitrogen and oxygen atoms in total. The topological polar surface area (TPSA) is 76.7 Å². The van der Waals surface area contributed by atoms with Gasteiger partial charge in [0.25, 0.3) is 0 Å². The number of halogens is 1. The summed E-state index contributed by atoms with van der Waals surface area (Å²) in [5.41, 5.74) is 2.55. The van der Waals surface area contributed by atoms with Crippen molar-refractivity contribution in [2.45, 2.75) is 20.8 Å². The molecule has 0 unspecified atom stereocenters. The summed E-state index contributed by atoms with van der Waals surface area (Å²) < 4.78 is 10.0. The van der Waals surface area contributed by atoms with Gasteiger partial charge in [-0.25, -0.2) is 9.59 Å². The number of carbonyl (C=O) groups is 2. The Kier molecular flexibility index (Phi) is 7.78. The minimum absolute atomic E-state index is 0.219. The van der Waals surface area contributed by atoms with Crippen molar-refractivity contribution in [1.82, 2.24) is 0 Å². The van der Waals surface area contributed by atoms with Gasteiger partial charge in [0.15, 0.2) is 5.11 Å². The lowest BCUT2D eigenvalue weighted by Gasteiger charge is -2.13. The van der Waals surface area contributed by atoms with E-state index in [0.29, 0.717) is 16.4 Å². The van der Waals surface area contributed by atoms with E-state index in [9.17, 15) is 9.59 Å². The van der Waals surface area contributed by atoms with Gasteiger partial charge in [0.2, 0.25) is 0 Å². The molecule has 0 atom stereocenters. The van der Waals surface area contributed by atoms with Crippen LogP contribution in [0.2, 0.25) is 5.02 Å². The van der Waals surface area contributed by atoms with Crippen LogP contribution in [-0.4, -0.2) is 30.3 Å². The highest BCUT2D eigenvalue weighted by atomic mass is 35.5. The van der Waals surface area contributed by atoms with E-state index in [4.69, 9.17) is 33.3 Å². The minimum atomic E-state index is -0.541. The first-order chi connectivity index (χ1) is 13.3. The van der Waals surface area contributed by atoms with Crippen LogP contribution in [0, 0.1) is 6.92 Å². The fourth-order valence-corrected chi connectivity index (χ4v) is 2.74. The lowest BCUT2D eigenvalue weighted by atomic mass is 10.1. The lowest BCUT2D eigenvalue weighted by Crippen LogP contribution is -2.20. The molecular formula is C20H21ClN2O4S. The Hall–Kier alpha value is -2.64. The predicted molar refractivity (Wildman–Crippen MR) is 114 cm³/mol. The Morgan fingerprint density at radius 2 is 1.46 bits per heavy atom. The Morgan fingerprint density at radius 3 is 1.96 bits per heavy atom. The fourth-order valence-electron chi connectivity index (χ4n) is 2.33. The number of esters is 2. The predicted octanol–water partition coefficient (Wildman–Crippen LogP) is 4.81. The van der Waals surface area contributed by atoms with Crippen molar-refractivity contribution < 1.29 is 19.1 Å². The van der Waals surface area contributed by atoms with E-state index < -0.39 is 11.9 Å². The molecule has 0 saturated carbocycles. The van der Waals surface area contributed by atoms with Crippen LogP contribution in [0.5, 0.6) is 0 Å². The normalized spacial score (nSPS) is 10.1. The number of benzene rings is 2. The van der Waals surface area contributed by atoms with Gasteiger partial charge in [-0.05, 0) is 68.9 Å². The number of hydrogen-bond acceptors (Lipinski definition) is 5. The zero-order valence-corrected chi connectivity index (χ0v) is 17.4. The summed E-state index contributed by atoms with van der Waals surface area (Å²) in [5, 5.41) is 6.86. The second-order valence-electron chi connectivity index (χ2n) is 5.78. The van der Waals surface area contributed by atoms with Crippen LogP contribution in [0.1, 0.15) is 40.1 Å². The van der Waals surface area contributed by atoms with Gasteiger partial charge >= 0.3 is 11.9 Å². The van der Waals surface area contributed by atoms with Crippen molar-refractivity contribution in [3.63, 3.8) is 0 Å². The van der Waals surface area contributed by atoms with Gasteiger partial charge in [0.05, 0.1) is 24.3 Å². The Bertz CT molecular complexity index is 866. The standard InChI is InChI=1S/C20H21ClN2O4S/c1-4-26-18(24)13-8-14(19(25)27-5-2)10-16(9-13)23-20(28)22-15-7-6-12(3)17(21)11-15/h6-11H,4-5H2,1-3H3,(H2,22,23,28). The number of anilines is 2. The van der Waals surface area contributed by atoms with E-state index in [1.807, 2.05) is 19.1 Å². The lowest BCUT2D eigenvalue weighted by molar-refractivity contribution is 0.0525. The third-order valence-electron chi connectivity index (χ3n) is 3.64. The summed E-state index contributed by atoms with van der Waals surface area (Å²) in [6, 6.07) is 10.00. The number of nitrogens with one attached hydrogen (secondary N) is 2. The molecule has 0 amide bonds. The first-order valence-electron chi connectivity index (χ1n) is 8.67. The van der Waals surface area contributed by atoms with Gasteiger partial charge in [-0.3, -0.25) is 0 Å². The maximum atomic E-state index is 12.1. The van der Waals surface area contributed by atoms with E-state index in [0.717, 1.165) is 5.56 Å². The number of hydrogen-bond donors (Lipinski definition) is 2. The molecule has 2 rings (SSSR count). The maximum absolute atomic E-state index is 12.1. The monoisotopic (exact) mass is 420 g/mol. The zero-order chi connectivity index (χ0) is 20.7. The molecular weight excluding hydrogens is 400 g/mol. The molecule has 8 heteroatoms. The van der Waals surface area contributed by atoms with Gasteiger partial charge in [0, 0.05) is 16.4 Å². The highest BCUT2D eigenvalue weighted by Crippen LogP contribution is 2.21. The second kappa shape index (κ2) is 10.1. The zero-order valence-electron chi connectivity index (χ0n) is 15.8. The molecule has 0 heterocycles. The summed E-state index contributed by atoms with van der Waals surface area (Å²) in [7, 11) is 0. The summed E-state index contributed by atoms with van der Waals surface area (Å²) in [6.07, 6.45) is 0. The molecule has 0 aliphatic carbocycles. The van der Waals surface area contributed by atoms with E-state index in [1.54, 1.807) is 32.0 Å². The third kappa shape index (κ3) is 5.94. The molecule has 28 heavy (non-hydrogen) atoms. The van der Waals surface area contributed by atoms with E-state index in [2.05, 4.69) is 10.6 Å². The Labute approximate surface area is 174 Å². The van der Waals surface area contributed by atoms with E-state index >= 15 is 0 Å². The molecule has 0 radical (unpaired) electrons. The first kappa shape index (κ1) is 21.7. The number of rotatable bonds is 6. The number of carbonyl (C=O) groups excluding carboxylic acids is 2. The largest absolute Gasteiger partial charge is 0.462 e. The Balaban J connectivity index is 2.24. The SMILES string of the molecule is CCOC(=O)c1cc(NC(=S)Nc2ccc(C)c(Cl)c2)cc(C(=O)OCC)c1. The van der Waals surface area contributed by atoms with Crippen LogP contribution >= 0.6 is 23.8 Å². The summed E-state index contributed by atoms with van der Waals surface area (Å²) in [5.74, 6) is -1.08. The van der Waals surface area contributed by atoms with Gasteiger partial charge in [-0.2, -0.15) is 0 Å². The van der Waals surface area contributed by atoms with Crippen molar-refractivity contribution in [3.8, 4) is 0 Å². The molecule has 0 saturated heterocycles. The smallest absolute Gasteiger partial charge is 0.338 e. The molecule has 0 aliphatic heterocycles. The molecule has 2 aromatic carbocycles. The Morgan fingerprint density at radius 1 is 0.929 bits per heavy atom. The van der Waals surface area contributed by atoms with E-state index in [-0.39, 0.29) is 29.5 Å². The number of thiocarbonyl (C=S) groups is 1. The molecule has 0 bridgehead atoms. The van der Waals surface area contributed by atoms with Crippen LogP contribution in [-0.2, 0) is 9.47 Å². The van der Waals surface area contributed by atoms with Crippen LogP contribution in [0.25, 0.3) is 0 Å². The average Bonchev–Trinajstić information content (AvgIpc) is 2.64. The van der Waals surface area contributed by atoms with E-state index in [1.165, 1.54) is 6.07 Å². The van der Waals surface area contributed by atoms with Crippen molar-refractivity contribution >= 4 is 52.2 Å². The maximum Gasteiger partial charge on any atom is 0.338 e. The fraction of sp³-hybridized carbons (Fsp3) is 0.250. The quantitative estimate of drug-likeness (QED) is 0.512. The molecule has 0 spiro atoms. The molecule has 0 aliphatic rings. The van der Waals surface area contributed by atoms with Crippen LogP contribution in [0.3, 0.4) is 0 Å². The number of ether oxygens (including phenoxy) is 2. The van der Waals surface area contributed by atoms with Crippen LogP contribution in [0.4, 0.5) is 11.4 Å². The summed E-state index contributed by atoms with van der Waals surface area (Å²) >= 11 is 11.4. The highest BCUT2D eigenvalue weighted by Gasteiger charge is 2.15. The minimum Gasteiger partial charge on any atom is -0.462 e. The highest BCUT2D eigenvalue weighted by molar-refractivity contribution is 7.80. The van der Waals surface area contributed by atoms with Crippen LogP contribution in [0.15, 0.2) is 36.4 Å². The van der Waals surface area contributed by atoms with Crippen molar-refractivity contribution in [2.24, 2.45) is 0 Å². The van der Waals surface area contributed by atoms with Gasteiger partial charge in [0.1, 0.15) is 0 Å². The average molecular weight is 421 g/mol. The van der Waals surface area contributed by atoms with Crippen LogP contribution < -0.4 is 10.6 Å². The third-order valence-corrected chi connectivity index (χ3v) is 4.25. The van der Waals surface area contributed by atoms with Crippen molar-refractivity contribution in [3.05, 3.63) is 58.1 Å². The van der Waals surface area contributed by atoms with Gasteiger partial charge < -0.3 is 20.1 Å². The van der Waals surface area contributed by atoms with Gasteiger partial charge in [-0.1, -0.05) is 17.7 Å². The van der Waals surface area contributed by atoms with Crippen molar-refractivity contribution in [1.29, 1.82) is 0 Å².